The van der Waals surface area contributed by atoms with Crippen LogP contribution in [0, 0.1) is 0 Å². The first-order valence-electron chi connectivity index (χ1n) is 9.48. The van der Waals surface area contributed by atoms with Gasteiger partial charge in [-0.25, -0.2) is 5.43 Å². The van der Waals surface area contributed by atoms with Crippen molar-refractivity contribution in [3.8, 4) is 17.2 Å². The number of nitrogens with two attached hydrogens (primary N) is 1. The van der Waals surface area contributed by atoms with Gasteiger partial charge < -0.3 is 20.5 Å². The number of benzene rings is 3. The molecule has 3 aromatic rings. The number of amides is 3. The molecule has 0 fully saturated rings. The first-order valence-corrected chi connectivity index (χ1v) is 9.48. The topological polar surface area (TPSA) is 132 Å². The van der Waals surface area contributed by atoms with Crippen molar-refractivity contribution in [1.29, 1.82) is 0 Å². The largest absolute Gasteiger partial charge is 0.484 e. The molecule has 9 heteroatoms. The van der Waals surface area contributed by atoms with Gasteiger partial charge >= 0.3 is 11.8 Å². The van der Waals surface area contributed by atoms with Crippen LogP contribution in [0.3, 0.4) is 0 Å². The quantitative estimate of drug-likeness (QED) is 0.286. The van der Waals surface area contributed by atoms with Crippen LogP contribution in [0.5, 0.6) is 17.2 Å². The van der Waals surface area contributed by atoms with Crippen LogP contribution in [0.2, 0.25) is 0 Å². The summed E-state index contributed by atoms with van der Waals surface area (Å²) < 4.78 is 10.8. The minimum absolute atomic E-state index is 0.221. The van der Waals surface area contributed by atoms with Gasteiger partial charge in [0.1, 0.15) is 17.2 Å². The number of ether oxygens (including phenoxy) is 2. The normalized spacial score (nSPS) is 10.4. The van der Waals surface area contributed by atoms with E-state index in [9.17, 15) is 14.4 Å². The van der Waals surface area contributed by atoms with E-state index in [4.69, 9.17) is 15.2 Å². The fourth-order valence-electron chi connectivity index (χ4n) is 2.44. The van der Waals surface area contributed by atoms with Crippen molar-refractivity contribution < 1.29 is 23.9 Å². The molecule has 0 aliphatic rings. The van der Waals surface area contributed by atoms with E-state index in [1.165, 1.54) is 6.21 Å². The Hall–Kier alpha value is -4.66. The highest BCUT2D eigenvalue weighted by molar-refractivity contribution is 6.39. The molecule has 0 aliphatic carbocycles. The number of nitrogens with zero attached hydrogens (tertiary/aromatic N) is 1. The summed E-state index contributed by atoms with van der Waals surface area (Å²) in [4.78, 5) is 34.6. The van der Waals surface area contributed by atoms with Crippen molar-refractivity contribution >= 4 is 29.6 Å². The Morgan fingerprint density at radius 1 is 0.812 bits per heavy atom. The van der Waals surface area contributed by atoms with Crippen LogP contribution < -0.4 is 25.9 Å². The zero-order valence-electron chi connectivity index (χ0n) is 16.9. The van der Waals surface area contributed by atoms with E-state index in [1.54, 1.807) is 48.5 Å². The Labute approximate surface area is 183 Å². The first-order chi connectivity index (χ1) is 15.5. The average Bonchev–Trinajstić information content (AvgIpc) is 2.80. The van der Waals surface area contributed by atoms with E-state index in [0.717, 1.165) is 0 Å². The third-order valence-corrected chi connectivity index (χ3v) is 3.94. The van der Waals surface area contributed by atoms with E-state index in [1.807, 2.05) is 30.3 Å². The SMILES string of the molecule is NC(=O)COc1ccc(/C=N\NC(=O)C(=O)Nc2ccc(Oc3ccccc3)cc2)cc1. The molecule has 4 N–H and O–H groups in total. The molecule has 9 nitrogen and oxygen atoms in total. The summed E-state index contributed by atoms with van der Waals surface area (Å²) in [6.45, 7) is -0.221. The molecule has 0 saturated heterocycles. The van der Waals surface area contributed by atoms with Crippen LogP contribution in [0.1, 0.15) is 5.56 Å². The highest BCUT2D eigenvalue weighted by atomic mass is 16.5. The third kappa shape index (κ3) is 6.99. The fourth-order valence-corrected chi connectivity index (χ4v) is 2.44. The highest BCUT2D eigenvalue weighted by Crippen LogP contribution is 2.22. The minimum Gasteiger partial charge on any atom is -0.484 e. The lowest BCUT2D eigenvalue weighted by Gasteiger charge is -2.07. The Bertz CT molecular complexity index is 1100. The Kier molecular flexibility index (Phi) is 7.53. The number of hydrogen-bond acceptors (Lipinski definition) is 6. The van der Waals surface area contributed by atoms with Crippen molar-refractivity contribution in [3.05, 3.63) is 84.4 Å². The summed E-state index contributed by atoms with van der Waals surface area (Å²) in [5.41, 5.74) is 8.24. The summed E-state index contributed by atoms with van der Waals surface area (Å²) in [5, 5.41) is 6.23. The van der Waals surface area contributed by atoms with Gasteiger partial charge in [-0.3, -0.25) is 14.4 Å². The van der Waals surface area contributed by atoms with E-state index in [2.05, 4.69) is 15.8 Å². The molecule has 0 heterocycles. The molecule has 0 unspecified atom stereocenters. The number of hydrazone groups is 1. The Balaban J connectivity index is 1.46. The van der Waals surface area contributed by atoms with E-state index >= 15 is 0 Å². The summed E-state index contributed by atoms with van der Waals surface area (Å²) >= 11 is 0. The van der Waals surface area contributed by atoms with Crippen LogP contribution >= 0.6 is 0 Å². The molecule has 0 radical (unpaired) electrons. The average molecular weight is 432 g/mol. The maximum Gasteiger partial charge on any atom is 0.329 e. The molecule has 0 aromatic heterocycles. The van der Waals surface area contributed by atoms with Gasteiger partial charge in [-0.05, 0) is 66.2 Å². The van der Waals surface area contributed by atoms with Gasteiger partial charge in [0.25, 0.3) is 5.91 Å². The molecule has 32 heavy (non-hydrogen) atoms. The molecule has 0 aliphatic heterocycles. The Morgan fingerprint density at radius 3 is 2.09 bits per heavy atom. The zero-order valence-corrected chi connectivity index (χ0v) is 16.9. The van der Waals surface area contributed by atoms with Crippen molar-refractivity contribution in [2.45, 2.75) is 0 Å². The smallest absolute Gasteiger partial charge is 0.329 e. The summed E-state index contributed by atoms with van der Waals surface area (Å²) in [6.07, 6.45) is 1.36. The Morgan fingerprint density at radius 2 is 1.44 bits per heavy atom. The highest BCUT2D eigenvalue weighted by Gasteiger charge is 2.13. The van der Waals surface area contributed by atoms with E-state index in [-0.39, 0.29) is 6.61 Å². The zero-order chi connectivity index (χ0) is 22.8. The second kappa shape index (κ2) is 10.9. The van der Waals surface area contributed by atoms with Gasteiger partial charge in [-0.1, -0.05) is 18.2 Å². The van der Waals surface area contributed by atoms with Crippen LogP contribution in [-0.4, -0.2) is 30.5 Å². The predicted molar refractivity (Wildman–Crippen MR) is 118 cm³/mol. The van der Waals surface area contributed by atoms with Crippen molar-refractivity contribution in [1.82, 2.24) is 5.43 Å². The van der Waals surface area contributed by atoms with Crippen molar-refractivity contribution in [2.24, 2.45) is 10.8 Å². The second-order valence-corrected chi connectivity index (χ2v) is 6.42. The molecule has 3 amide bonds. The second-order valence-electron chi connectivity index (χ2n) is 6.42. The number of hydrogen-bond donors (Lipinski definition) is 3. The maximum absolute atomic E-state index is 12.0. The lowest BCUT2D eigenvalue weighted by atomic mass is 10.2. The summed E-state index contributed by atoms with van der Waals surface area (Å²) in [7, 11) is 0. The number of carbonyl (C=O) groups is 3. The molecule has 3 aromatic carbocycles. The minimum atomic E-state index is -0.924. The third-order valence-electron chi connectivity index (χ3n) is 3.94. The van der Waals surface area contributed by atoms with Gasteiger partial charge in [0.05, 0.1) is 6.21 Å². The van der Waals surface area contributed by atoms with Gasteiger partial charge in [-0.2, -0.15) is 5.10 Å². The molecule has 3 rings (SSSR count). The number of anilines is 1. The van der Waals surface area contributed by atoms with Gasteiger partial charge in [0.15, 0.2) is 6.61 Å². The first kappa shape index (κ1) is 22.0. The lowest BCUT2D eigenvalue weighted by molar-refractivity contribution is -0.136. The number of carbonyl (C=O) groups excluding carboxylic acids is 3. The molecule has 0 spiro atoms. The van der Waals surface area contributed by atoms with Crippen molar-refractivity contribution in [3.63, 3.8) is 0 Å². The molecule has 0 atom stereocenters. The summed E-state index contributed by atoms with van der Waals surface area (Å²) in [6, 6.07) is 22.4. The maximum atomic E-state index is 12.0. The summed E-state index contributed by atoms with van der Waals surface area (Å²) in [5.74, 6) is -0.623. The molecular formula is C23H20N4O5. The van der Waals surface area contributed by atoms with E-state index < -0.39 is 17.7 Å². The standard InChI is InChI=1S/C23H20N4O5/c24-21(28)15-31-18-10-6-16(7-11-18)14-25-27-23(30)22(29)26-17-8-12-20(13-9-17)32-19-4-2-1-3-5-19/h1-14H,15H2,(H2,24,28)(H,26,29)(H,27,30)/b25-14-. The van der Waals surface area contributed by atoms with Crippen LogP contribution in [0.4, 0.5) is 5.69 Å². The van der Waals surface area contributed by atoms with Crippen LogP contribution in [-0.2, 0) is 14.4 Å². The number of rotatable bonds is 8. The monoisotopic (exact) mass is 432 g/mol. The lowest BCUT2D eigenvalue weighted by Crippen LogP contribution is -2.32. The van der Waals surface area contributed by atoms with Crippen molar-refractivity contribution in [2.75, 3.05) is 11.9 Å². The number of nitrogens with one attached hydrogen (secondary N) is 2. The number of primary amides is 1. The van der Waals surface area contributed by atoms with Gasteiger partial charge in [-0.15, -0.1) is 0 Å². The molecule has 162 valence electrons. The molecule has 0 saturated carbocycles. The van der Waals surface area contributed by atoms with E-state index in [0.29, 0.717) is 28.5 Å². The fraction of sp³-hybridized carbons (Fsp3) is 0.0435. The molecule has 0 bridgehead atoms. The van der Waals surface area contributed by atoms with Gasteiger partial charge in [0, 0.05) is 5.69 Å². The number of para-hydroxylation sites is 1. The van der Waals surface area contributed by atoms with Crippen LogP contribution in [0.25, 0.3) is 0 Å². The van der Waals surface area contributed by atoms with Gasteiger partial charge in [0.2, 0.25) is 0 Å². The van der Waals surface area contributed by atoms with Crippen LogP contribution in [0.15, 0.2) is 84.0 Å². The molecular weight excluding hydrogens is 412 g/mol. The predicted octanol–water partition coefficient (Wildman–Crippen LogP) is 2.43.